The predicted molar refractivity (Wildman–Crippen MR) is 75.9 cm³/mol. The second-order valence-electron chi connectivity index (χ2n) is 4.91. The first-order valence-electron chi connectivity index (χ1n) is 6.68. The summed E-state index contributed by atoms with van der Waals surface area (Å²) in [5, 5.41) is 12.0. The van der Waals surface area contributed by atoms with Crippen molar-refractivity contribution in [2.24, 2.45) is 5.73 Å². The molecular formula is C13H17N5OS. The summed E-state index contributed by atoms with van der Waals surface area (Å²) in [5.41, 5.74) is 7.43. The van der Waals surface area contributed by atoms with Gasteiger partial charge in [0.05, 0.1) is 17.9 Å². The Morgan fingerprint density at radius 1 is 1.55 bits per heavy atom. The van der Waals surface area contributed by atoms with Crippen molar-refractivity contribution in [2.75, 3.05) is 6.54 Å². The molecule has 1 saturated heterocycles. The molecule has 7 heteroatoms. The Labute approximate surface area is 121 Å². The highest BCUT2D eigenvalue weighted by Gasteiger charge is 2.30. The number of hydrogen-bond donors (Lipinski definition) is 1. The van der Waals surface area contributed by atoms with Crippen molar-refractivity contribution in [3.8, 4) is 0 Å². The van der Waals surface area contributed by atoms with Crippen LogP contribution in [0.25, 0.3) is 0 Å². The van der Waals surface area contributed by atoms with Gasteiger partial charge in [0.15, 0.2) is 0 Å². The number of thiophene rings is 1. The van der Waals surface area contributed by atoms with Crippen molar-refractivity contribution in [1.29, 1.82) is 0 Å². The van der Waals surface area contributed by atoms with Crippen LogP contribution in [-0.2, 0) is 17.9 Å². The van der Waals surface area contributed by atoms with Gasteiger partial charge in [0.1, 0.15) is 6.54 Å². The van der Waals surface area contributed by atoms with E-state index in [0.717, 1.165) is 19.4 Å². The van der Waals surface area contributed by atoms with Crippen LogP contribution in [0.15, 0.2) is 23.0 Å². The van der Waals surface area contributed by atoms with E-state index in [2.05, 4.69) is 27.1 Å². The van der Waals surface area contributed by atoms with E-state index in [1.165, 1.54) is 5.56 Å². The van der Waals surface area contributed by atoms with Gasteiger partial charge in [-0.25, -0.2) is 4.68 Å². The van der Waals surface area contributed by atoms with Crippen LogP contribution in [0.5, 0.6) is 0 Å². The van der Waals surface area contributed by atoms with Crippen LogP contribution in [-0.4, -0.2) is 32.3 Å². The average molecular weight is 291 g/mol. The number of nitrogens with zero attached hydrogens (tertiary/aromatic N) is 4. The molecule has 1 aliphatic heterocycles. The fourth-order valence-corrected chi connectivity index (χ4v) is 3.32. The molecule has 1 unspecified atom stereocenters. The molecule has 20 heavy (non-hydrogen) atoms. The number of carbonyl (C=O) groups excluding carboxylic acids is 1. The van der Waals surface area contributed by atoms with Crippen LogP contribution >= 0.6 is 11.3 Å². The van der Waals surface area contributed by atoms with E-state index in [4.69, 9.17) is 5.73 Å². The van der Waals surface area contributed by atoms with Crippen molar-refractivity contribution in [3.63, 3.8) is 0 Å². The molecular weight excluding hydrogens is 274 g/mol. The second-order valence-corrected chi connectivity index (χ2v) is 5.69. The van der Waals surface area contributed by atoms with E-state index in [9.17, 15) is 4.79 Å². The van der Waals surface area contributed by atoms with Crippen LogP contribution in [0.4, 0.5) is 0 Å². The lowest BCUT2D eigenvalue weighted by Crippen LogP contribution is -2.33. The molecule has 2 aromatic rings. The fraction of sp³-hybridized carbons (Fsp3) is 0.462. The van der Waals surface area contributed by atoms with Crippen molar-refractivity contribution >= 4 is 17.2 Å². The minimum Gasteiger partial charge on any atom is -0.334 e. The Morgan fingerprint density at radius 2 is 2.45 bits per heavy atom. The maximum Gasteiger partial charge on any atom is 0.244 e. The van der Waals surface area contributed by atoms with Crippen LogP contribution in [0.2, 0.25) is 0 Å². The summed E-state index contributed by atoms with van der Waals surface area (Å²) >= 11 is 1.67. The summed E-state index contributed by atoms with van der Waals surface area (Å²) in [6.07, 6.45) is 3.82. The molecule has 1 atom stereocenters. The van der Waals surface area contributed by atoms with E-state index >= 15 is 0 Å². The zero-order valence-electron chi connectivity index (χ0n) is 11.1. The summed E-state index contributed by atoms with van der Waals surface area (Å²) in [5.74, 6) is 0.0900. The van der Waals surface area contributed by atoms with Gasteiger partial charge in [-0.05, 0) is 35.2 Å². The minimum atomic E-state index is 0.0900. The highest BCUT2D eigenvalue weighted by atomic mass is 32.1. The molecule has 2 N–H and O–H groups in total. The Balaban J connectivity index is 1.70. The van der Waals surface area contributed by atoms with E-state index in [1.807, 2.05) is 4.90 Å². The monoisotopic (exact) mass is 291 g/mol. The first kappa shape index (κ1) is 13.3. The molecule has 3 heterocycles. The molecule has 0 spiro atoms. The van der Waals surface area contributed by atoms with Crippen molar-refractivity contribution in [3.05, 3.63) is 34.3 Å². The third-order valence-corrected chi connectivity index (χ3v) is 4.30. The van der Waals surface area contributed by atoms with E-state index < -0.39 is 0 Å². The molecule has 2 aromatic heterocycles. The van der Waals surface area contributed by atoms with Crippen LogP contribution in [0.1, 0.15) is 30.1 Å². The summed E-state index contributed by atoms with van der Waals surface area (Å²) in [7, 11) is 0. The second kappa shape index (κ2) is 5.72. The smallest absolute Gasteiger partial charge is 0.244 e. The number of hydrogen-bond acceptors (Lipinski definition) is 5. The third kappa shape index (κ3) is 2.59. The maximum atomic E-state index is 12.4. The number of rotatable bonds is 4. The van der Waals surface area contributed by atoms with Gasteiger partial charge in [-0.2, -0.15) is 11.3 Å². The first-order chi connectivity index (χ1) is 9.78. The molecule has 3 rings (SSSR count). The molecule has 6 nitrogen and oxygen atoms in total. The topological polar surface area (TPSA) is 77.0 Å². The molecule has 1 amide bonds. The van der Waals surface area contributed by atoms with Gasteiger partial charge >= 0.3 is 0 Å². The zero-order chi connectivity index (χ0) is 13.9. The van der Waals surface area contributed by atoms with E-state index in [1.54, 1.807) is 22.2 Å². The molecule has 0 aromatic carbocycles. The summed E-state index contributed by atoms with van der Waals surface area (Å²) in [4.78, 5) is 14.4. The summed E-state index contributed by atoms with van der Waals surface area (Å²) in [6, 6.07) is 2.31. The Hall–Kier alpha value is -1.73. The van der Waals surface area contributed by atoms with Gasteiger partial charge in [-0.1, -0.05) is 5.21 Å². The SMILES string of the molecule is NCc1cn(CC(=O)N2CCCC2c2ccsc2)nn1. The molecule has 0 aliphatic carbocycles. The van der Waals surface area contributed by atoms with E-state index in [0.29, 0.717) is 12.2 Å². The number of carbonyl (C=O) groups is 1. The van der Waals surface area contributed by atoms with Gasteiger partial charge in [-0.3, -0.25) is 4.79 Å². The summed E-state index contributed by atoms with van der Waals surface area (Å²) < 4.78 is 1.56. The molecule has 1 aliphatic rings. The van der Waals surface area contributed by atoms with Gasteiger partial charge in [0, 0.05) is 13.1 Å². The molecule has 0 radical (unpaired) electrons. The molecule has 106 valence electrons. The van der Waals surface area contributed by atoms with Gasteiger partial charge in [-0.15, -0.1) is 5.10 Å². The minimum absolute atomic E-state index is 0.0900. The maximum absolute atomic E-state index is 12.4. The van der Waals surface area contributed by atoms with Crippen LogP contribution in [0, 0.1) is 0 Å². The summed E-state index contributed by atoms with van der Waals surface area (Å²) in [6.45, 7) is 1.39. The normalized spacial score (nSPS) is 18.6. The number of aromatic nitrogens is 3. The highest BCUT2D eigenvalue weighted by molar-refractivity contribution is 7.07. The Morgan fingerprint density at radius 3 is 3.15 bits per heavy atom. The highest BCUT2D eigenvalue weighted by Crippen LogP contribution is 2.33. The average Bonchev–Trinajstić information content (AvgIpc) is 3.19. The quantitative estimate of drug-likeness (QED) is 0.917. The standard InChI is InChI=1S/C13H17N5OS/c14-6-11-7-17(16-15-11)8-13(19)18-4-1-2-12(18)10-3-5-20-9-10/h3,5,7,9,12H,1-2,4,6,8,14H2. The number of amides is 1. The molecule has 0 saturated carbocycles. The lowest BCUT2D eigenvalue weighted by Gasteiger charge is -2.24. The molecule has 0 bridgehead atoms. The van der Waals surface area contributed by atoms with Crippen LogP contribution in [0.3, 0.4) is 0 Å². The van der Waals surface area contributed by atoms with Crippen molar-refractivity contribution in [1.82, 2.24) is 19.9 Å². The fourth-order valence-electron chi connectivity index (χ4n) is 2.62. The Kier molecular flexibility index (Phi) is 3.79. The lowest BCUT2D eigenvalue weighted by atomic mass is 10.1. The largest absolute Gasteiger partial charge is 0.334 e. The van der Waals surface area contributed by atoms with Gasteiger partial charge in [0.25, 0.3) is 0 Å². The zero-order valence-corrected chi connectivity index (χ0v) is 11.9. The van der Waals surface area contributed by atoms with Crippen LogP contribution < -0.4 is 5.73 Å². The van der Waals surface area contributed by atoms with Gasteiger partial charge in [0.2, 0.25) is 5.91 Å². The molecule has 1 fully saturated rings. The predicted octanol–water partition coefficient (Wildman–Crippen LogP) is 1.16. The number of likely N-dealkylation sites (tertiary alicyclic amines) is 1. The number of nitrogens with two attached hydrogens (primary N) is 1. The Bertz CT molecular complexity index is 579. The van der Waals surface area contributed by atoms with Gasteiger partial charge < -0.3 is 10.6 Å². The van der Waals surface area contributed by atoms with E-state index in [-0.39, 0.29) is 18.5 Å². The third-order valence-electron chi connectivity index (χ3n) is 3.59. The lowest BCUT2D eigenvalue weighted by molar-refractivity contribution is -0.133. The van der Waals surface area contributed by atoms with Crippen molar-refractivity contribution in [2.45, 2.75) is 32.0 Å². The first-order valence-corrected chi connectivity index (χ1v) is 7.63. The van der Waals surface area contributed by atoms with Crippen molar-refractivity contribution < 1.29 is 4.79 Å².